The Hall–Kier alpha value is -1.85. The summed E-state index contributed by atoms with van der Waals surface area (Å²) in [5.41, 5.74) is 0. The largest absolute Gasteiger partial charge is 0.361 e. The van der Waals surface area contributed by atoms with Gasteiger partial charge in [-0.2, -0.15) is 0 Å². The zero-order valence-corrected chi connectivity index (χ0v) is 8.57. The smallest absolute Gasteiger partial charge is 0.291 e. The number of nitrogens with zero attached hydrogens (tertiary/aromatic N) is 2. The first-order valence-electron chi connectivity index (χ1n) is 4.71. The zero-order chi connectivity index (χ0) is 10.8. The summed E-state index contributed by atoms with van der Waals surface area (Å²) in [7, 11) is 0. The van der Waals surface area contributed by atoms with Gasteiger partial charge in [-0.3, -0.25) is 9.79 Å². The molecule has 0 aliphatic carbocycles. The number of hydrogen-bond donors (Lipinski definition) is 2. The Labute approximate surface area is 86.7 Å². The third-order valence-electron chi connectivity index (χ3n) is 1.99. The lowest BCUT2D eigenvalue weighted by atomic mass is 10.4. The van der Waals surface area contributed by atoms with Gasteiger partial charge in [-0.05, 0) is 13.8 Å². The van der Waals surface area contributed by atoms with Crippen LogP contribution in [0, 0.1) is 6.92 Å². The van der Waals surface area contributed by atoms with E-state index in [1.807, 2.05) is 6.92 Å². The monoisotopic (exact) mass is 208 g/mol. The van der Waals surface area contributed by atoms with E-state index in [2.05, 4.69) is 20.8 Å². The maximum absolute atomic E-state index is 11.6. The third-order valence-corrected chi connectivity index (χ3v) is 1.99. The minimum Gasteiger partial charge on any atom is -0.361 e. The zero-order valence-electron chi connectivity index (χ0n) is 8.57. The van der Waals surface area contributed by atoms with Crippen molar-refractivity contribution in [2.45, 2.75) is 19.9 Å². The number of aromatic nitrogens is 1. The van der Waals surface area contributed by atoms with Crippen molar-refractivity contribution in [3.8, 4) is 0 Å². The molecule has 0 aromatic carbocycles. The third kappa shape index (κ3) is 2.15. The van der Waals surface area contributed by atoms with E-state index in [0.717, 1.165) is 0 Å². The summed E-state index contributed by atoms with van der Waals surface area (Å²) in [4.78, 5) is 15.6. The van der Waals surface area contributed by atoms with Gasteiger partial charge in [0, 0.05) is 12.1 Å². The highest BCUT2D eigenvalue weighted by atomic mass is 16.5. The molecular weight excluding hydrogens is 196 g/mol. The molecule has 2 rings (SSSR count). The SMILES string of the molecule is Cc1cc(NC(=O)C2=NCC(C)N2)no1. The second kappa shape index (κ2) is 3.72. The molecule has 80 valence electrons. The fourth-order valence-corrected chi connectivity index (χ4v) is 1.29. The van der Waals surface area contributed by atoms with E-state index in [0.29, 0.717) is 24.0 Å². The van der Waals surface area contributed by atoms with E-state index in [9.17, 15) is 4.79 Å². The van der Waals surface area contributed by atoms with Gasteiger partial charge in [0.1, 0.15) is 5.76 Å². The van der Waals surface area contributed by atoms with Crippen LogP contribution in [-0.4, -0.2) is 29.5 Å². The van der Waals surface area contributed by atoms with E-state index in [1.54, 1.807) is 13.0 Å². The molecule has 1 amide bonds. The molecule has 0 bridgehead atoms. The predicted octanol–water partition coefficient (Wildman–Crippen LogP) is 0.312. The molecule has 1 aromatic heterocycles. The van der Waals surface area contributed by atoms with Crippen molar-refractivity contribution in [1.82, 2.24) is 10.5 Å². The fraction of sp³-hybridized carbons (Fsp3) is 0.444. The number of carbonyl (C=O) groups is 1. The molecule has 2 heterocycles. The van der Waals surface area contributed by atoms with Crippen LogP contribution < -0.4 is 10.6 Å². The molecule has 1 aliphatic heterocycles. The van der Waals surface area contributed by atoms with Gasteiger partial charge in [-0.15, -0.1) is 0 Å². The van der Waals surface area contributed by atoms with E-state index < -0.39 is 0 Å². The van der Waals surface area contributed by atoms with Crippen LogP contribution in [0.2, 0.25) is 0 Å². The summed E-state index contributed by atoms with van der Waals surface area (Å²) >= 11 is 0. The van der Waals surface area contributed by atoms with Gasteiger partial charge in [-0.1, -0.05) is 5.16 Å². The van der Waals surface area contributed by atoms with E-state index in [-0.39, 0.29) is 11.9 Å². The number of aryl methyl sites for hydroxylation is 1. The Morgan fingerprint density at radius 1 is 1.73 bits per heavy atom. The summed E-state index contributed by atoms with van der Waals surface area (Å²) < 4.78 is 4.82. The molecule has 0 fully saturated rings. The molecule has 6 nitrogen and oxygen atoms in total. The maximum atomic E-state index is 11.6. The van der Waals surface area contributed by atoms with Crippen LogP contribution in [0.5, 0.6) is 0 Å². The van der Waals surface area contributed by atoms with Crippen LogP contribution in [-0.2, 0) is 4.79 Å². The van der Waals surface area contributed by atoms with Gasteiger partial charge >= 0.3 is 0 Å². The van der Waals surface area contributed by atoms with Crippen LogP contribution in [0.1, 0.15) is 12.7 Å². The number of rotatable bonds is 2. The molecule has 0 saturated heterocycles. The molecule has 1 unspecified atom stereocenters. The van der Waals surface area contributed by atoms with Crippen molar-refractivity contribution in [1.29, 1.82) is 0 Å². The van der Waals surface area contributed by atoms with Crippen molar-refractivity contribution in [2.75, 3.05) is 11.9 Å². The molecule has 1 aliphatic rings. The van der Waals surface area contributed by atoms with Crippen LogP contribution in [0.3, 0.4) is 0 Å². The molecule has 2 N–H and O–H groups in total. The van der Waals surface area contributed by atoms with Gasteiger partial charge < -0.3 is 15.2 Å². The Morgan fingerprint density at radius 2 is 2.53 bits per heavy atom. The lowest BCUT2D eigenvalue weighted by Gasteiger charge is -2.04. The van der Waals surface area contributed by atoms with Crippen LogP contribution in [0.15, 0.2) is 15.6 Å². The molecule has 15 heavy (non-hydrogen) atoms. The first-order valence-corrected chi connectivity index (χ1v) is 4.71. The van der Waals surface area contributed by atoms with E-state index in [1.165, 1.54) is 0 Å². The van der Waals surface area contributed by atoms with Gasteiger partial charge in [-0.25, -0.2) is 0 Å². The lowest BCUT2D eigenvalue weighted by molar-refractivity contribution is -0.110. The summed E-state index contributed by atoms with van der Waals surface area (Å²) in [6.45, 7) is 4.35. The Morgan fingerprint density at radius 3 is 3.07 bits per heavy atom. The first kappa shape index (κ1) is 9.70. The highest BCUT2D eigenvalue weighted by Crippen LogP contribution is 2.07. The predicted molar refractivity (Wildman–Crippen MR) is 54.8 cm³/mol. The van der Waals surface area contributed by atoms with E-state index >= 15 is 0 Å². The van der Waals surface area contributed by atoms with E-state index in [4.69, 9.17) is 4.52 Å². The summed E-state index contributed by atoms with van der Waals surface area (Å²) in [6.07, 6.45) is 0. The normalized spacial score (nSPS) is 19.6. The number of hydrogen-bond acceptors (Lipinski definition) is 5. The van der Waals surface area contributed by atoms with Gasteiger partial charge in [0.2, 0.25) is 0 Å². The molecule has 6 heteroatoms. The second-order valence-electron chi connectivity index (χ2n) is 3.51. The molecular formula is C9H12N4O2. The quantitative estimate of drug-likeness (QED) is 0.733. The number of amides is 1. The summed E-state index contributed by atoms with van der Waals surface area (Å²) in [5, 5.41) is 9.20. The number of anilines is 1. The van der Waals surface area contributed by atoms with Crippen molar-refractivity contribution in [3.63, 3.8) is 0 Å². The number of amidine groups is 1. The van der Waals surface area contributed by atoms with Gasteiger partial charge in [0.05, 0.1) is 6.54 Å². The van der Waals surface area contributed by atoms with Gasteiger partial charge in [0.15, 0.2) is 11.7 Å². The Kier molecular flexibility index (Phi) is 2.40. The van der Waals surface area contributed by atoms with Crippen LogP contribution in [0.4, 0.5) is 5.82 Å². The van der Waals surface area contributed by atoms with Crippen molar-refractivity contribution in [3.05, 3.63) is 11.8 Å². The maximum Gasteiger partial charge on any atom is 0.291 e. The minimum absolute atomic E-state index is 0.213. The number of aliphatic imine (C=N–C) groups is 1. The molecule has 0 saturated carbocycles. The average Bonchev–Trinajstić information content (AvgIpc) is 2.75. The topological polar surface area (TPSA) is 79.5 Å². The molecule has 0 radical (unpaired) electrons. The molecule has 0 spiro atoms. The lowest BCUT2D eigenvalue weighted by Crippen LogP contribution is -2.36. The number of carbonyl (C=O) groups excluding carboxylic acids is 1. The first-order chi connectivity index (χ1) is 7.15. The standard InChI is InChI=1S/C9H12N4O2/c1-5-4-10-8(11-5)9(14)12-7-3-6(2)15-13-7/h3,5H,4H2,1-2H3,(H,10,11)(H,12,13,14). The second-order valence-corrected chi connectivity index (χ2v) is 3.51. The van der Waals surface area contributed by atoms with Crippen LogP contribution in [0.25, 0.3) is 0 Å². The van der Waals surface area contributed by atoms with Crippen molar-refractivity contribution in [2.24, 2.45) is 4.99 Å². The van der Waals surface area contributed by atoms with Crippen molar-refractivity contribution < 1.29 is 9.32 Å². The molecule has 1 aromatic rings. The average molecular weight is 208 g/mol. The number of nitrogens with one attached hydrogen (secondary N) is 2. The van der Waals surface area contributed by atoms with Gasteiger partial charge in [0.25, 0.3) is 5.91 Å². The van der Waals surface area contributed by atoms with Crippen molar-refractivity contribution >= 4 is 17.6 Å². The van der Waals surface area contributed by atoms with Crippen LogP contribution >= 0.6 is 0 Å². The summed E-state index contributed by atoms with van der Waals surface area (Å²) in [6, 6.07) is 1.86. The fourth-order valence-electron chi connectivity index (χ4n) is 1.29. The summed E-state index contributed by atoms with van der Waals surface area (Å²) in [5.74, 6) is 1.12. The molecule has 1 atom stereocenters. The minimum atomic E-state index is -0.285. The Bertz CT molecular complexity index is 410. The Balaban J connectivity index is 1.98. The highest BCUT2D eigenvalue weighted by molar-refractivity contribution is 6.42. The highest BCUT2D eigenvalue weighted by Gasteiger charge is 2.20.